The van der Waals surface area contributed by atoms with Gasteiger partial charge in [-0.25, -0.2) is 14.2 Å². The Morgan fingerprint density at radius 2 is 1.81 bits per heavy atom. The number of urea groups is 1. The zero-order chi connectivity index (χ0) is 18.8. The number of carbonyl (C=O) groups is 1. The number of amides is 2. The molecule has 0 saturated carbocycles. The number of aromatic nitrogens is 1. The average Bonchev–Trinajstić information content (AvgIpc) is 3.10. The number of fused-ring (bicyclic) bond motifs is 1. The Hall–Kier alpha value is -3.45. The van der Waals surface area contributed by atoms with E-state index in [-0.39, 0.29) is 5.69 Å². The molecule has 134 valence electrons. The van der Waals surface area contributed by atoms with Gasteiger partial charge >= 0.3 is 6.03 Å². The molecule has 0 aliphatic rings. The molecular weight excluding hydrogens is 363 g/mol. The molecule has 2 heterocycles. The highest BCUT2D eigenvalue weighted by atomic mass is 32.1. The van der Waals surface area contributed by atoms with Crippen molar-refractivity contribution in [3.8, 4) is 11.1 Å². The van der Waals surface area contributed by atoms with Crippen LogP contribution in [0.1, 0.15) is 0 Å². The molecule has 0 bridgehead atoms. The lowest BCUT2D eigenvalue weighted by molar-refractivity contribution is 0.262. The monoisotopic (exact) mass is 378 g/mol. The minimum Gasteiger partial charge on any atom is -0.383 e. The lowest BCUT2D eigenvalue weighted by atomic mass is 10.1. The number of carbonyl (C=O) groups excluding carboxylic acids is 1. The van der Waals surface area contributed by atoms with Gasteiger partial charge in [0, 0.05) is 27.5 Å². The summed E-state index contributed by atoms with van der Waals surface area (Å²) in [5, 5.41) is 8.14. The maximum atomic E-state index is 13.6. The van der Waals surface area contributed by atoms with Crippen LogP contribution in [0.4, 0.5) is 26.4 Å². The number of benzene rings is 2. The van der Waals surface area contributed by atoms with Crippen LogP contribution in [0, 0.1) is 5.82 Å². The van der Waals surface area contributed by atoms with Gasteiger partial charge in [0.2, 0.25) is 0 Å². The summed E-state index contributed by atoms with van der Waals surface area (Å²) in [6.45, 7) is 0. The first kappa shape index (κ1) is 17.0. The quantitative estimate of drug-likeness (QED) is 0.451. The van der Waals surface area contributed by atoms with Crippen LogP contribution < -0.4 is 16.4 Å². The largest absolute Gasteiger partial charge is 0.383 e. The van der Waals surface area contributed by atoms with Crippen LogP contribution in [0.15, 0.2) is 66.2 Å². The van der Waals surface area contributed by atoms with Gasteiger partial charge in [0.15, 0.2) is 0 Å². The highest BCUT2D eigenvalue weighted by Gasteiger charge is 2.11. The van der Waals surface area contributed by atoms with Crippen LogP contribution in [0.2, 0.25) is 0 Å². The average molecular weight is 378 g/mol. The summed E-state index contributed by atoms with van der Waals surface area (Å²) in [6.07, 6.45) is 1.69. The summed E-state index contributed by atoms with van der Waals surface area (Å²) in [5.74, 6) is 0.00810. The Bertz CT molecular complexity index is 1120. The van der Waals surface area contributed by atoms with E-state index in [0.717, 1.165) is 21.2 Å². The molecule has 0 radical (unpaired) electrons. The zero-order valence-electron chi connectivity index (χ0n) is 14.1. The number of rotatable bonds is 3. The van der Waals surface area contributed by atoms with Crippen LogP contribution in [0.5, 0.6) is 0 Å². The summed E-state index contributed by atoms with van der Waals surface area (Å²) in [4.78, 5) is 16.2. The Morgan fingerprint density at radius 3 is 2.59 bits per heavy atom. The molecular formula is C20H15FN4OS. The van der Waals surface area contributed by atoms with Gasteiger partial charge in [-0.05, 0) is 41.3 Å². The molecule has 2 amide bonds. The van der Waals surface area contributed by atoms with Gasteiger partial charge < -0.3 is 16.4 Å². The molecule has 7 heteroatoms. The van der Waals surface area contributed by atoms with Crippen LogP contribution in [-0.2, 0) is 0 Å². The third kappa shape index (κ3) is 3.45. The van der Waals surface area contributed by atoms with Crippen LogP contribution in [0.3, 0.4) is 0 Å². The summed E-state index contributed by atoms with van der Waals surface area (Å²) in [5.41, 5.74) is 8.72. The van der Waals surface area contributed by atoms with Gasteiger partial charge in [0.05, 0.1) is 5.69 Å². The van der Waals surface area contributed by atoms with E-state index in [9.17, 15) is 9.18 Å². The second-order valence-electron chi connectivity index (χ2n) is 5.86. The van der Waals surface area contributed by atoms with E-state index in [4.69, 9.17) is 5.73 Å². The first-order valence-corrected chi connectivity index (χ1v) is 9.04. The lowest BCUT2D eigenvalue weighted by Gasteiger charge is -2.09. The highest BCUT2D eigenvalue weighted by Crippen LogP contribution is 2.36. The number of thiophene rings is 1. The number of anilines is 3. The molecule has 4 aromatic rings. The van der Waals surface area contributed by atoms with Crippen molar-refractivity contribution in [2.45, 2.75) is 0 Å². The van der Waals surface area contributed by atoms with Crippen LogP contribution >= 0.6 is 11.3 Å². The van der Waals surface area contributed by atoms with Crippen molar-refractivity contribution >= 4 is 44.6 Å². The van der Waals surface area contributed by atoms with Gasteiger partial charge in [-0.2, -0.15) is 0 Å². The molecule has 0 unspecified atom stereocenters. The molecule has 0 aliphatic carbocycles. The van der Waals surface area contributed by atoms with Crippen molar-refractivity contribution in [1.29, 1.82) is 0 Å². The van der Waals surface area contributed by atoms with Crippen LogP contribution in [0.25, 0.3) is 21.2 Å². The number of nitrogens with zero attached hydrogens (tertiary/aromatic N) is 1. The number of nitrogens with two attached hydrogens (primary N) is 1. The molecule has 0 aliphatic heterocycles. The van der Waals surface area contributed by atoms with Crippen molar-refractivity contribution < 1.29 is 9.18 Å². The minimum absolute atomic E-state index is 0.124. The number of hydrogen-bond donors (Lipinski definition) is 3. The van der Waals surface area contributed by atoms with Crippen molar-refractivity contribution in [1.82, 2.24) is 4.98 Å². The zero-order valence-corrected chi connectivity index (χ0v) is 14.9. The molecule has 27 heavy (non-hydrogen) atoms. The van der Waals surface area contributed by atoms with E-state index < -0.39 is 11.8 Å². The second kappa shape index (κ2) is 7.05. The lowest BCUT2D eigenvalue weighted by Crippen LogP contribution is -2.20. The molecule has 2 aromatic carbocycles. The van der Waals surface area contributed by atoms with Gasteiger partial charge in [-0.1, -0.05) is 24.3 Å². The van der Waals surface area contributed by atoms with Gasteiger partial charge in [0.1, 0.15) is 11.6 Å². The van der Waals surface area contributed by atoms with Crippen molar-refractivity contribution in [3.05, 3.63) is 72.0 Å². The number of para-hydroxylation sites is 1. The molecule has 0 atom stereocenters. The number of nitrogen functional groups attached to an aromatic ring is 1. The van der Waals surface area contributed by atoms with Crippen molar-refractivity contribution in [3.63, 3.8) is 0 Å². The SMILES string of the molecule is Nc1nccc2scc(-c3ccc(NC(=O)Nc4ccccc4F)cc3)c12. The summed E-state index contributed by atoms with van der Waals surface area (Å²) in [6, 6.07) is 14.8. The number of halogens is 1. The van der Waals surface area contributed by atoms with E-state index in [1.54, 1.807) is 41.8 Å². The molecule has 2 aromatic heterocycles. The molecule has 5 nitrogen and oxygen atoms in total. The fourth-order valence-electron chi connectivity index (χ4n) is 2.80. The first-order valence-electron chi connectivity index (χ1n) is 8.16. The Balaban J connectivity index is 1.52. The molecule has 0 fully saturated rings. The van der Waals surface area contributed by atoms with E-state index in [2.05, 4.69) is 15.6 Å². The first-order chi connectivity index (χ1) is 13.1. The van der Waals surface area contributed by atoms with Gasteiger partial charge in [-0.3, -0.25) is 0 Å². The predicted molar refractivity (Wildman–Crippen MR) is 109 cm³/mol. The Labute approximate surface area is 158 Å². The van der Waals surface area contributed by atoms with Crippen molar-refractivity contribution in [2.75, 3.05) is 16.4 Å². The van der Waals surface area contributed by atoms with E-state index >= 15 is 0 Å². The van der Waals surface area contributed by atoms with Gasteiger partial charge in [-0.15, -0.1) is 11.3 Å². The fraction of sp³-hybridized carbons (Fsp3) is 0. The smallest absolute Gasteiger partial charge is 0.323 e. The number of nitrogens with one attached hydrogen (secondary N) is 2. The topological polar surface area (TPSA) is 80.0 Å². The van der Waals surface area contributed by atoms with Crippen molar-refractivity contribution in [2.24, 2.45) is 0 Å². The Kier molecular flexibility index (Phi) is 4.43. The summed E-state index contributed by atoms with van der Waals surface area (Å²) >= 11 is 1.61. The fourth-order valence-corrected chi connectivity index (χ4v) is 3.77. The maximum absolute atomic E-state index is 13.6. The van der Waals surface area contributed by atoms with E-state index in [0.29, 0.717) is 11.5 Å². The maximum Gasteiger partial charge on any atom is 0.323 e. The highest BCUT2D eigenvalue weighted by molar-refractivity contribution is 7.17. The third-order valence-electron chi connectivity index (χ3n) is 4.09. The molecule has 0 saturated heterocycles. The predicted octanol–water partition coefficient (Wildman–Crippen LogP) is 5.33. The van der Waals surface area contributed by atoms with Gasteiger partial charge in [0.25, 0.3) is 0 Å². The van der Waals surface area contributed by atoms with E-state index in [1.807, 2.05) is 23.6 Å². The summed E-state index contributed by atoms with van der Waals surface area (Å²) in [7, 11) is 0. The standard InChI is InChI=1S/C20H15FN4OS/c21-15-3-1-2-4-16(15)25-20(26)24-13-7-5-12(6-8-13)14-11-27-17-9-10-23-19(22)18(14)17/h1-11H,(H2,22,23)(H2,24,25,26). The number of pyridine rings is 1. The number of hydrogen-bond acceptors (Lipinski definition) is 4. The minimum atomic E-state index is -0.512. The van der Waals surface area contributed by atoms with Crippen LogP contribution in [-0.4, -0.2) is 11.0 Å². The molecule has 4 rings (SSSR count). The summed E-state index contributed by atoms with van der Waals surface area (Å²) < 4.78 is 14.7. The Morgan fingerprint density at radius 1 is 1.04 bits per heavy atom. The molecule has 0 spiro atoms. The second-order valence-corrected chi connectivity index (χ2v) is 6.77. The third-order valence-corrected chi connectivity index (χ3v) is 5.04. The normalized spacial score (nSPS) is 10.7. The van der Waals surface area contributed by atoms with E-state index in [1.165, 1.54) is 12.1 Å². The molecule has 4 N–H and O–H groups in total.